The summed E-state index contributed by atoms with van der Waals surface area (Å²) >= 11 is 1.53. The van der Waals surface area contributed by atoms with Gasteiger partial charge in [-0.1, -0.05) is 42.1 Å². The summed E-state index contributed by atoms with van der Waals surface area (Å²) in [4.78, 5) is 11.7. The smallest absolute Gasteiger partial charge is 0.338 e. The highest BCUT2D eigenvalue weighted by atomic mass is 32.2. The van der Waals surface area contributed by atoms with E-state index in [1.165, 1.54) is 11.8 Å². The van der Waals surface area contributed by atoms with Crippen LogP contribution in [0.25, 0.3) is 11.4 Å². The maximum atomic E-state index is 11.7. The van der Waals surface area contributed by atoms with Crippen molar-refractivity contribution in [3.05, 3.63) is 72.3 Å². The minimum absolute atomic E-state index is 0.159. The third kappa shape index (κ3) is 4.43. The van der Waals surface area contributed by atoms with Gasteiger partial charge in [-0.2, -0.15) is 0 Å². The van der Waals surface area contributed by atoms with E-state index in [1.54, 1.807) is 37.3 Å². The fourth-order valence-electron chi connectivity index (χ4n) is 2.65. The Bertz CT molecular complexity index is 967. The minimum Gasteiger partial charge on any atom is -0.507 e. The second-order valence-electron chi connectivity index (χ2n) is 5.93. The third-order valence-electron chi connectivity index (χ3n) is 4.01. The average molecular weight is 395 g/mol. The predicted octanol–water partition coefficient (Wildman–Crippen LogP) is 4.31. The number of benzene rings is 2. The van der Waals surface area contributed by atoms with Crippen LogP contribution >= 0.6 is 11.8 Å². The van der Waals surface area contributed by atoms with Crippen LogP contribution in [0.4, 0.5) is 0 Å². The molecule has 2 aromatic carbocycles. The molecule has 144 valence electrons. The van der Waals surface area contributed by atoms with Gasteiger partial charge in [0, 0.05) is 12.3 Å². The first-order chi connectivity index (χ1) is 13.6. The van der Waals surface area contributed by atoms with E-state index in [0.717, 1.165) is 10.7 Å². The fourth-order valence-corrected chi connectivity index (χ4v) is 3.55. The Hall–Kier alpha value is -3.06. The summed E-state index contributed by atoms with van der Waals surface area (Å²) in [7, 11) is 0. The van der Waals surface area contributed by atoms with Crippen LogP contribution in [0.2, 0.25) is 0 Å². The molecule has 0 fully saturated rings. The number of hydrogen-bond donors (Lipinski definition) is 1. The van der Waals surface area contributed by atoms with Gasteiger partial charge in [0.1, 0.15) is 5.75 Å². The molecule has 0 aliphatic rings. The highest BCUT2D eigenvalue weighted by Gasteiger charge is 2.16. The Morgan fingerprint density at radius 3 is 2.64 bits per heavy atom. The van der Waals surface area contributed by atoms with E-state index in [-0.39, 0.29) is 11.7 Å². The van der Waals surface area contributed by atoms with E-state index in [0.29, 0.717) is 35.9 Å². The number of rotatable bonds is 8. The Labute approximate surface area is 167 Å². The van der Waals surface area contributed by atoms with Gasteiger partial charge in [-0.05, 0) is 36.8 Å². The van der Waals surface area contributed by atoms with Crippen molar-refractivity contribution in [3.63, 3.8) is 0 Å². The van der Waals surface area contributed by atoms with Gasteiger partial charge in [-0.3, -0.25) is 4.57 Å². The number of esters is 1. The largest absolute Gasteiger partial charge is 0.507 e. The molecule has 0 bridgehead atoms. The second-order valence-corrected chi connectivity index (χ2v) is 6.87. The molecule has 0 radical (unpaired) electrons. The summed E-state index contributed by atoms with van der Waals surface area (Å²) in [5.74, 6) is 1.10. The highest BCUT2D eigenvalue weighted by molar-refractivity contribution is 7.98. The number of allylic oxidation sites excluding steroid dienone is 1. The zero-order chi connectivity index (χ0) is 19.9. The molecule has 0 saturated heterocycles. The van der Waals surface area contributed by atoms with Crippen LogP contribution in [0.1, 0.15) is 22.8 Å². The topological polar surface area (TPSA) is 77.2 Å². The van der Waals surface area contributed by atoms with Crippen LogP contribution in [0.15, 0.2) is 66.3 Å². The van der Waals surface area contributed by atoms with E-state index >= 15 is 0 Å². The van der Waals surface area contributed by atoms with E-state index in [9.17, 15) is 9.90 Å². The number of carbonyl (C=O) groups excluding carboxylic acids is 1. The van der Waals surface area contributed by atoms with E-state index in [4.69, 9.17) is 4.74 Å². The van der Waals surface area contributed by atoms with Gasteiger partial charge in [0.05, 0.1) is 17.7 Å². The summed E-state index contributed by atoms with van der Waals surface area (Å²) in [6, 6.07) is 14.4. The predicted molar refractivity (Wildman–Crippen MR) is 109 cm³/mol. The zero-order valence-electron chi connectivity index (χ0n) is 15.5. The molecule has 3 aromatic rings. The molecular weight excluding hydrogens is 374 g/mol. The van der Waals surface area contributed by atoms with E-state index < -0.39 is 0 Å². The first-order valence-electron chi connectivity index (χ1n) is 8.85. The zero-order valence-corrected chi connectivity index (χ0v) is 16.4. The lowest BCUT2D eigenvalue weighted by Crippen LogP contribution is -2.04. The molecule has 0 aliphatic heterocycles. The number of thioether (sulfide) groups is 1. The molecule has 0 unspecified atom stereocenters. The lowest BCUT2D eigenvalue weighted by Gasteiger charge is -2.09. The van der Waals surface area contributed by atoms with E-state index in [1.807, 2.05) is 28.8 Å². The van der Waals surface area contributed by atoms with Crippen LogP contribution in [0, 0.1) is 0 Å². The molecule has 0 saturated carbocycles. The average Bonchev–Trinajstić information content (AvgIpc) is 3.10. The Morgan fingerprint density at radius 1 is 1.21 bits per heavy atom. The quantitative estimate of drug-likeness (QED) is 0.348. The van der Waals surface area contributed by atoms with Crippen molar-refractivity contribution < 1.29 is 14.6 Å². The molecule has 28 heavy (non-hydrogen) atoms. The summed E-state index contributed by atoms with van der Waals surface area (Å²) in [6.07, 6.45) is 1.77. The number of hydrogen-bond acceptors (Lipinski definition) is 6. The molecule has 0 spiro atoms. The molecule has 1 aromatic heterocycles. The van der Waals surface area contributed by atoms with Crippen molar-refractivity contribution in [1.29, 1.82) is 0 Å². The normalized spacial score (nSPS) is 10.6. The Morgan fingerprint density at radius 2 is 1.96 bits per heavy atom. The Kier molecular flexibility index (Phi) is 6.49. The lowest BCUT2D eigenvalue weighted by atomic mass is 10.1. The van der Waals surface area contributed by atoms with Crippen LogP contribution in [-0.4, -0.2) is 32.4 Å². The van der Waals surface area contributed by atoms with Crippen LogP contribution in [0.5, 0.6) is 5.75 Å². The minimum atomic E-state index is -0.320. The standard InChI is InChI=1S/C21H21N3O3S/c1-3-13-24-19(17-7-5-6-8-18(17)25)22-23-21(24)28-14-15-9-11-16(12-10-15)20(26)27-4-2/h3,5-12,25H,1,4,13-14H2,2H3. The maximum Gasteiger partial charge on any atom is 0.338 e. The highest BCUT2D eigenvalue weighted by Crippen LogP contribution is 2.31. The molecule has 7 heteroatoms. The molecule has 6 nitrogen and oxygen atoms in total. The van der Waals surface area contributed by atoms with Gasteiger partial charge in [-0.15, -0.1) is 16.8 Å². The summed E-state index contributed by atoms with van der Waals surface area (Å²) in [6.45, 7) is 6.47. The summed E-state index contributed by atoms with van der Waals surface area (Å²) < 4.78 is 6.91. The number of ether oxygens (including phenoxy) is 1. The van der Waals surface area contributed by atoms with Crippen LogP contribution < -0.4 is 0 Å². The number of aromatic nitrogens is 3. The fraction of sp³-hybridized carbons (Fsp3) is 0.190. The van der Waals surface area contributed by atoms with Gasteiger partial charge in [0.2, 0.25) is 0 Å². The van der Waals surface area contributed by atoms with E-state index in [2.05, 4.69) is 16.8 Å². The van der Waals surface area contributed by atoms with Crippen molar-refractivity contribution in [2.24, 2.45) is 0 Å². The molecule has 0 aliphatic carbocycles. The number of phenols is 1. The van der Waals surface area contributed by atoms with Crippen LogP contribution in [0.3, 0.4) is 0 Å². The maximum absolute atomic E-state index is 11.7. The molecule has 0 amide bonds. The van der Waals surface area contributed by atoms with Gasteiger partial charge in [0.25, 0.3) is 0 Å². The number of phenolic OH excluding ortho intramolecular Hbond substituents is 1. The first-order valence-corrected chi connectivity index (χ1v) is 9.84. The van der Waals surface area contributed by atoms with Gasteiger partial charge in [-0.25, -0.2) is 4.79 Å². The monoisotopic (exact) mass is 395 g/mol. The van der Waals surface area contributed by atoms with Crippen molar-refractivity contribution in [2.75, 3.05) is 6.61 Å². The van der Waals surface area contributed by atoms with Gasteiger partial charge < -0.3 is 9.84 Å². The lowest BCUT2D eigenvalue weighted by molar-refractivity contribution is 0.0526. The molecule has 1 heterocycles. The number of carbonyl (C=O) groups is 1. The summed E-state index contributed by atoms with van der Waals surface area (Å²) in [5, 5.41) is 19.4. The second kappa shape index (κ2) is 9.23. The molecule has 3 rings (SSSR count). The third-order valence-corrected chi connectivity index (χ3v) is 5.04. The Balaban J connectivity index is 1.77. The first kappa shape index (κ1) is 19.7. The van der Waals surface area contributed by atoms with Crippen molar-refractivity contribution in [2.45, 2.75) is 24.4 Å². The summed E-state index contributed by atoms with van der Waals surface area (Å²) in [5.41, 5.74) is 2.21. The van der Waals surface area contributed by atoms with Gasteiger partial charge >= 0.3 is 5.97 Å². The van der Waals surface area contributed by atoms with Crippen molar-refractivity contribution in [1.82, 2.24) is 14.8 Å². The number of nitrogens with zero attached hydrogens (tertiary/aromatic N) is 3. The molecular formula is C21H21N3O3S. The molecule has 1 N–H and O–H groups in total. The SMILES string of the molecule is C=CCn1c(SCc2ccc(C(=O)OCC)cc2)nnc1-c1ccccc1O. The van der Waals surface area contributed by atoms with Crippen molar-refractivity contribution >= 4 is 17.7 Å². The van der Waals surface area contributed by atoms with Gasteiger partial charge in [0.15, 0.2) is 11.0 Å². The molecule has 0 atom stereocenters. The number of aromatic hydroxyl groups is 1. The van der Waals surface area contributed by atoms with Crippen molar-refractivity contribution in [3.8, 4) is 17.1 Å². The van der Waals surface area contributed by atoms with Crippen LogP contribution in [-0.2, 0) is 17.0 Å². The number of para-hydroxylation sites is 1.